The van der Waals surface area contributed by atoms with E-state index in [1.165, 1.54) is 0 Å². The minimum Gasteiger partial charge on any atom is -0.497 e. The quantitative estimate of drug-likeness (QED) is 0.818. The Balaban J connectivity index is 2.42. The first-order valence-electron chi connectivity index (χ1n) is 5.79. The number of aliphatic hydroxyl groups is 1. The van der Waals surface area contributed by atoms with Crippen LogP contribution in [0.5, 0.6) is 11.5 Å². The Morgan fingerprint density at radius 3 is 2.29 bits per heavy atom. The molecule has 2 rings (SSSR count). The standard InChI is InChI=1S/C13H19NO3/c1-16-11-5-10(6-12(7-11)17-2)13(9-15)3-4-14-8-13/h5-7,14-15H,3-4,8-9H2,1-2H3. The third-order valence-corrected chi connectivity index (χ3v) is 3.51. The van der Waals surface area contributed by atoms with Gasteiger partial charge in [0.05, 0.1) is 20.8 Å². The lowest BCUT2D eigenvalue weighted by atomic mass is 9.80. The molecule has 17 heavy (non-hydrogen) atoms. The van der Waals surface area contributed by atoms with Gasteiger partial charge in [0.1, 0.15) is 11.5 Å². The molecule has 0 spiro atoms. The number of nitrogens with one attached hydrogen (secondary N) is 1. The van der Waals surface area contributed by atoms with Crippen molar-refractivity contribution in [3.63, 3.8) is 0 Å². The van der Waals surface area contributed by atoms with Crippen LogP contribution in [-0.4, -0.2) is 39.0 Å². The molecule has 4 nitrogen and oxygen atoms in total. The van der Waals surface area contributed by atoms with Crippen LogP contribution in [0.3, 0.4) is 0 Å². The lowest BCUT2D eigenvalue weighted by Gasteiger charge is -2.27. The van der Waals surface area contributed by atoms with E-state index >= 15 is 0 Å². The molecule has 0 aromatic heterocycles. The van der Waals surface area contributed by atoms with Crippen LogP contribution in [0.15, 0.2) is 18.2 Å². The van der Waals surface area contributed by atoms with E-state index in [4.69, 9.17) is 9.47 Å². The monoisotopic (exact) mass is 237 g/mol. The number of rotatable bonds is 4. The Bertz CT molecular complexity index is 364. The van der Waals surface area contributed by atoms with E-state index in [1.54, 1.807) is 14.2 Å². The highest BCUT2D eigenvalue weighted by molar-refractivity contribution is 5.42. The molecule has 0 amide bonds. The molecule has 1 aromatic carbocycles. The minimum absolute atomic E-state index is 0.135. The fourth-order valence-corrected chi connectivity index (χ4v) is 2.33. The summed E-state index contributed by atoms with van der Waals surface area (Å²) in [7, 11) is 3.27. The van der Waals surface area contributed by atoms with E-state index in [1.807, 2.05) is 18.2 Å². The van der Waals surface area contributed by atoms with E-state index in [2.05, 4.69) is 5.32 Å². The minimum atomic E-state index is -0.207. The summed E-state index contributed by atoms with van der Waals surface area (Å²) in [4.78, 5) is 0. The van der Waals surface area contributed by atoms with E-state index in [0.717, 1.165) is 36.6 Å². The Morgan fingerprint density at radius 2 is 1.88 bits per heavy atom. The van der Waals surface area contributed by atoms with Crippen LogP contribution >= 0.6 is 0 Å². The van der Waals surface area contributed by atoms with Crippen LogP contribution in [0.4, 0.5) is 0 Å². The summed E-state index contributed by atoms with van der Waals surface area (Å²) in [6, 6.07) is 5.80. The van der Waals surface area contributed by atoms with Gasteiger partial charge in [0.15, 0.2) is 0 Å². The van der Waals surface area contributed by atoms with Crippen molar-refractivity contribution in [2.24, 2.45) is 0 Å². The van der Waals surface area contributed by atoms with Gasteiger partial charge in [0.25, 0.3) is 0 Å². The van der Waals surface area contributed by atoms with Crippen LogP contribution in [0.1, 0.15) is 12.0 Å². The van der Waals surface area contributed by atoms with Gasteiger partial charge in [0.2, 0.25) is 0 Å². The van der Waals surface area contributed by atoms with Crippen molar-refractivity contribution >= 4 is 0 Å². The summed E-state index contributed by atoms with van der Waals surface area (Å²) in [5.41, 5.74) is 0.864. The molecule has 94 valence electrons. The molecule has 1 saturated heterocycles. The van der Waals surface area contributed by atoms with E-state index in [-0.39, 0.29) is 12.0 Å². The zero-order chi connectivity index (χ0) is 12.3. The second-order valence-electron chi connectivity index (χ2n) is 4.47. The lowest BCUT2D eigenvalue weighted by molar-refractivity contribution is 0.205. The van der Waals surface area contributed by atoms with Gasteiger partial charge in [-0.1, -0.05) is 0 Å². The average molecular weight is 237 g/mol. The number of hydrogen-bond acceptors (Lipinski definition) is 4. The predicted octanol–water partition coefficient (Wildman–Crippen LogP) is 0.927. The molecule has 1 unspecified atom stereocenters. The summed E-state index contributed by atoms with van der Waals surface area (Å²) in [5, 5.41) is 13.0. The van der Waals surface area contributed by atoms with Gasteiger partial charge in [-0.15, -0.1) is 0 Å². The van der Waals surface area contributed by atoms with Crippen LogP contribution in [-0.2, 0) is 5.41 Å². The number of hydrogen-bond donors (Lipinski definition) is 2. The molecule has 0 saturated carbocycles. The Hall–Kier alpha value is -1.26. The van der Waals surface area contributed by atoms with Gasteiger partial charge >= 0.3 is 0 Å². The second-order valence-corrected chi connectivity index (χ2v) is 4.47. The SMILES string of the molecule is COc1cc(OC)cc(C2(CO)CCNC2)c1. The van der Waals surface area contributed by atoms with Crippen molar-refractivity contribution in [1.29, 1.82) is 0 Å². The summed E-state index contributed by atoms with van der Waals surface area (Å²) in [6.45, 7) is 1.86. The summed E-state index contributed by atoms with van der Waals surface area (Å²) < 4.78 is 10.5. The van der Waals surface area contributed by atoms with Crippen LogP contribution in [0, 0.1) is 0 Å². The number of aliphatic hydroxyl groups excluding tert-OH is 1. The van der Waals surface area contributed by atoms with Gasteiger partial charge in [0, 0.05) is 18.0 Å². The molecule has 4 heteroatoms. The van der Waals surface area contributed by atoms with Crippen molar-refractivity contribution in [3.05, 3.63) is 23.8 Å². The predicted molar refractivity (Wildman–Crippen MR) is 65.8 cm³/mol. The molecule has 1 aliphatic heterocycles. The van der Waals surface area contributed by atoms with Gasteiger partial charge in [-0.3, -0.25) is 0 Å². The van der Waals surface area contributed by atoms with Crippen molar-refractivity contribution in [1.82, 2.24) is 5.32 Å². The zero-order valence-corrected chi connectivity index (χ0v) is 10.3. The fourth-order valence-electron chi connectivity index (χ4n) is 2.33. The van der Waals surface area contributed by atoms with Crippen molar-refractivity contribution in [2.75, 3.05) is 33.9 Å². The van der Waals surface area contributed by atoms with E-state index in [9.17, 15) is 5.11 Å². The first-order valence-corrected chi connectivity index (χ1v) is 5.79. The molecule has 2 N–H and O–H groups in total. The first-order chi connectivity index (χ1) is 8.24. The molecule has 1 atom stereocenters. The summed E-state index contributed by atoms with van der Waals surface area (Å²) >= 11 is 0. The molecule has 0 aliphatic carbocycles. The number of benzene rings is 1. The normalized spacial score (nSPS) is 23.7. The Labute approximate surface area is 102 Å². The maximum absolute atomic E-state index is 9.68. The van der Waals surface area contributed by atoms with Crippen molar-refractivity contribution in [3.8, 4) is 11.5 Å². The van der Waals surface area contributed by atoms with Crippen molar-refractivity contribution < 1.29 is 14.6 Å². The number of ether oxygens (including phenoxy) is 2. The molecular formula is C13H19NO3. The van der Waals surface area contributed by atoms with Crippen LogP contribution in [0.25, 0.3) is 0 Å². The second kappa shape index (κ2) is 4.94. The Morgan fingerprint density at radius 1 is 1.24 bits per heavy atom. The molecule has 1 fully saturated rings. The van der Waals surface area contributed by atoms with Gasteiger partial charge in [-0.05, 0) is 30.7 Å². The fraction of sp³-hybridized carbons (Fsp3) is 0.538. The van der Waals surface area contributed by atoms with Crippen LogP contribution in [0.2, 0.25) is 0 Å². The smallest absolute Gasteiger partial charge is 0.122 e. The van der Waals surface area contributed by atoms with Gasteiger partial charge in [-0.25, -0.2) is 0 Å². The lowest BCUT2D eigenvalue weighted by Crippen LogP contribution is -2.33. The van der Waals surface area contributed by atoms with E-state index in [0.29, 0.717) is 0 Å². The Kier molecular flexibility index (Phi) is 3.54. The third kappa shape index (κ3) is 2.23. The van der Waals surface area contributed by atoms with E-state index < -0.39 is 0 Å². The highest BCUT2D eigenvalue weighted by Crippen LogP contribution is 2.35. The third-order valence-electron chi connectivity index (χ3n) is 3.51. The van der Waals surface area contributed by atoms with Gasteiger partial charge in [-0.2, -0.15) is 0 Å². The molecule has 1 aromatic rings. The largest absolute Gasteiger partial charge is 0.497 e. The average Bonchev–Trinajstić information content (AvgIpc) is 2.88. The van der Waals surface area contributed by atoms with Gasteiger partial charge < -0.3 is 19.9 Å². The molecular weight excluding hydrogens is 218 g/mol. The maximum Gasteiger partial charge on any atom is 0.122 e. The summed E-state index contributed by atoms with van der Waals surface area (Å²) in [5.74, 6) is 1.53. The molecule has 0 radical (unpaired) electrons. The topological polar surface area (TPSA) is 50.7 Å². The highest BCUT2D eigenvalue weighted by Gasteiger charge is 2.35. The molecule has 1 heterocycles. The molecule has 0 bridgehead atoms. The first kappa shape index (κ1) is 12.2. The number of methoxy groups -OCH3 is 2. The maximum atomic E-state index is 9.68. The summed E-state index contributed by atoms with van der Waals surface area (Å²) in [6.07, 6.45) is 0.930. The van der Waals surface area contributed by atoms with Crippen LogP contribution < -0.4 is 14.8 Å². The van der Waals surface area contributed by atoms with Crippen molar-refractivity contribution in [2.45, 2.75) is 11.8 Å². The highest BCUT2D eigenvalue weighted by atomic mass is 16.5. The zero-order valence-electron chi connectivity index (χ0n) is 10.3. The molecule has 1 aliphatic rings.